The van der Waals surface area contributed by atoms with E-state index in [4.69, 9.17) is 0 Å². The summed E-state index contributed by atoms with van der Waals surface area (Å²) in [5, 5.41) is 9.37. The summed E-state index contributed by atoms with van der Waals surface area (Å²) in [7, 11) is 0. The Morgan fingerprint density at radius 1 is 0.769 bits per heavy atom. The van der Waals surface area contributed by atoms with Crippen LogP contribution in [0, 0.1) is 5.82 Å². The average Bonchev–Trinajstić information content (AvgIpc) is 2.61. The first-order valence-corrected chi connectivity index (χ1v) is 7.58. The third-order valence-corrected chi connectivity index (χ3v) is 3.96. The van der Waals surface area contributed by atoms with E-state index in [0.29, 0.717) is 0 Å². The Labute approximate surface area is 146 Å². The van der Waals surface area contributed by atoms with E-state index in [-0.39, 0.29) is 27.8 Å². The third-order valence-electron chi connectivity index (χ3n) is 3.96. The monoisotopic (exact) mass is 360 g/mol. The summed E-state index contributed by atoms with van der Waals surface area (Å²) in [5.41, 5.74) is -0.648. The molecule has 0 aliphatic carbocycles. The van der Waals surface area contributed by atoms with Gasteiger partial charge in [0, 0.05) is 5.56 Å². The average molecular weight is 360 g/mol. The van der Waals surface area contributed by atoms with Crippen molar-refractivity contribution in [1.29, 1.82) is 0 Å². The van der Waals surface area contributed by atoms with Crippen molar-refractivity contribution in [3.63, 3.8) is 0 Å². The van der Waals surface area contributed by atoms with Gasteiger partial charge in [-0.3, -0.25) is 0 Å². The Bertz CT molecular complexity index is 978. The maximum absolute atomic E-state index is 14.3. The van der Waals surface area contributed by atoms with Gasteiger partial charge in [0.25, 0.3) is 0 Å². The minimum atomic E-state index is -4.61. The molecule has 6 heteroatoms. The van der Waals surface area contributed by atoms with E-state index in [1.807, 2.05) is 0 Å². The quantitative estimate of drug-likeness (QED) is 0.593. The fourth-order valence-corrected chi connectivity index (χ4v) is 2.76. The number of rotatable bonds is 3. The van der Waals surface area contributed by atoms with Crippen molar-refractivity contribution < 1.29 is 27.5 Å². The van der Waals surface area contributed by atoms with Gasteiger partial charge in [0.15, 0.2) is 0 Å². The maximum atomic E-state index is 14.3. The van der Waals surface area contributed by atoms with Crippen LogP contribution in [0.25, 0.3) is 22.3 Å². The second-order valence-corrected chi connectivity index (χ2v) is 5.59. The standard InChI is InChI=1S/C20H12F4O2/c21-18-8-4-3-6-15(18)17-11-12(20(22,23)24)9-10-14(17)13-5-1-2-7-16(13)19(25)26/h1-11H,(H,25,26). The van der Waals surface area contributed by atoms with Crippen LogP contribution in [0.3, 0.4) is 0 Å². The maximum Gasteiger partial charge on any atom is 0.416 e. The summed E-state index contributed by atoms with van der Waals surface area (Å²) in [6, 6.07) is 14.2. The molecular weight excluding hydrogens is 348 g/mol. The number of halogens is 4. The molecule has 0 radical (unpaired) electrons. The number of alkyl halides is 3. The van der Waals surface area contributed by atoms with Crippen molar-refractivity contribution in [2.24, 2.45) is 0 Å². The number of aromatic carboxylic acids is 1. The SMILES string of the molecule is O=C(O)c1ccccc1-c1ccc(C(F)(F)F)cc1-c1ccccc1F. The molecule has 0 saturated carbocycles. The molecule has 0 fully saturated rings. The van der Waals surface area contributed by atoms with Gasteiger partial charge in [0.05, 0.1) is 11.1 Å². The first-order chi connectivity index (χ1) is 12.3. The summed E-state index contributed by atoms with van der Waals surface area (Å²) in [4.78, 5) is 11.5. The topological polar surface area (TPSA) is 37.3 Å². The van der Waals surface area contributed by atoms with Gasteiger partial charge < -0.3 is 5.11 Å². The Hall–Kier alpha value is -3.15. The number of carbonyl (C=O) groups is 1. The van der Waals surface area contributed by atoms with Crippen LogP contribution in [0.15, 0.2) is 66.7 Å². The molecule has 0 heterocycles. The van der Waals surface area contributed by atoms with Crippen molar-refractivity contribution in [3.8, 4) is 22.3 Å². The predicted octanol–water partition coefficient (Wildman–Crippen LogP) is 5.88. The first kappa shape index (κ1) is 17.7. The highest BCUT2D eigenvalue weighted by Gasteiger charge is 2.31. The minimum Gasteiger partial charge on any atom is -0.478 e. The van der Waals surface area contributed by atoms with Gasteiger partial charge in [-0.25, -0.2) is 9.18 Å². The Balaban J connectivity index is 2.34. The van der Waals surface area contributed by atoms with E-state index in [9.17, 15) is 27.5 Å². The molecule has 0 unspecified atom stereocenters. The lowest BCUT2D eigenvalue weighted by molar-refractivity contribution is -0.137. The lowest BCUT2D eigenvalue weighted by Gasteiger charge is -2.16. The summed E-state index contributed by atoms with van der Waals surface area (Å²) in [6.07, 6.45) is -4.61. The van der Waals surface area contributed by atoms with Crippen LogP contribution < -0.4 is 0 Å². The molecule has 0 saturated heterocycles. The third kappa shape index (κ3) is 3.31. The molecule has 0 bridgehead atoms. The van der Waals surface area contributed by atoms with Crippen LogP contribution in [0.2, 0.25) is 0 Å². The number of carboxylic acids is 1. The van der Waals surface area contributed by atoms with Crippen LogP contribution in [0.4, 0.5) is 17.6 Å². The minimum absolute atomic E-state index is 0.0216. The summed E-state index contributed by atoms with van der Waals surface area (Å²) in [6.45, 7) is 0. The molecule has 132 valence electrons. The van der Waals surface area contributed by atoms with Crippen molar-refractivity contribution >= 4 is 5.97 Å². The molecule has 1 N–H and O–H groups in total. The van der Waals surface area contributed by atoms with Gasteiger partial charge in [-0.05, 0) is 41.0 Å². The Morgan fingerprint density at radius 3 is 2.00 bits per heavy atom. The van der Waals surface area contributed by atoms with Crippen LogP contribution in [0.5, 0.6) is 0 Å². The van der Waals surface area contributed by atoms with Gasteiger partial charge in [-0.1, -0.05) is 42.5 Å². The van der Waals surface area contributed by atoms with E-state index in [2.05, 4.69) is 0 Å². The van der Waals surface area contributed by atoms with E-state index >= 15 is 0 Å². The van der Waals surface area contributed by atoms with Gasteiger partial charge in [0.2, 0.25) is 0 Å². The number of benzene rings is 3. The van der Waals surface area contributed by atoms with Gasteiger partial charge >= 0.3 is 12.1 Å². The van der Waals surface area contributed by atoms with Crippen LogP contribution in [0.1, 0.15) is 15.9 Å². The fraction of sp³-hybridized carbons (Fsp3) is 0.0500. The molecular formula is C20H12F4O2. The number of carboxylic acid groups (broad SMARTS) is 1. The Morgan fingerprint density at radius 2 is 1.38 bits per heavy atom. The molecule has 0 aromatic heterocycles. The first-order valence-electron chi connectivity index (χ1n) is 7.58. The van der Waals surface area contributed by atoms with Crippen LogP contribution >= 0.6 is 0 Å². The summed E-state index contributed by atoms with van der Waals surface area (Å²) in [5.74, 6) is -1.92. The molecule has 0 aliphatic heterocycles. The van der Waals surface area contributed by atoms with Crippen molar-refractivity contribution in [2.75, 3.05) is 0 Å². The van der Waals surface area contributed by atoms with Gasteiger partial charge in [0.1, 0.15) is 5.82 Å². The van der Waals surface area contributed by atoms with E-state index in [1.54, 1.807) is 6.07 Å². The molecule has 2 nitrogen and oxygen atoms in total. The highest BCUT2D eigenvalue weighted by atomic mass is 19.4. The van der Waals surface area contributed by atoms with E-state index in [0.717, 1.165) is 18.2 Å². The smallest absolute Gasteiger partial charge is 0.416 e. The normalized spacial score (nSPS) is 11.4. The second-order valence-electron chi connectivity index (χ2n) is 5.59. The zero-order valence-electron chi connectivity index (χ0n) is 13.2. The molecule has 3 aromatic rings. The zero-order chi connectivity index (χ0) is 18.9. The fourth-order valence-electron chi connectivity index (χ4n) is 2.76. The lowest BCUT2D eigenvalue weighted by atomic mass is 9.90. The van der Waals surface area contributed by atoms with Crippen LogP contribution in [-0.4, -0.2) is 11.1 Å². The van der Waals surface area contributed by atoms with Crippen molar-refractivity contribution in [2.45, 2.75) is 6.18 Å². The zero-order valence-corrected chi connectivity index (χ0v) is 13.2. The molecule has 0 atom stereocenters. The molecule has 3 rings (SSSR count). The summed E-state index contributed by atoms with van der Waals surface area (Å²) < 4.78 is 53.7. The summed E-state index contributed by atoms with van der Waals surface area (Å²) >= 11 is 0. The van der Waals surface area contributed by atoms with E-state index < -0.39 is 23.5 Å². The predicted molar refractivity (Wildman–Crippen MR) is 89.2 cm³/mol. The second kappa shape index (κ2) is 6.63. The largest absolute Gasteiger partial charge is 0.478 e. The van der Waals surface area contributed by atoms with Crippen molar-refractivity contribution in [3.05, 3.63) is 83.7 Å². The highest BCUT2D eigenvalue weighted by Crippen LogP contribution is 2.39. The van der Waals surface area contributed by atoms with Gasteiger partial charge in [-0.15, -0.1) is 0 Å². The molecule has 3 aromatic carbocycles. The highest BCUT2D eigenvalue weighted by molar-refractivity contribution is 5.99. The lowest BCUT2D eigenvalue weighted by Crippen LogP contribution is -2.06. The van der Waals surface area contributed by atoms with Crippen LogP contribution in [-0.2, 0) is 6.18 Å². The van der Waals surface area contributed by atoms with Crippen molar-refractivity contribution in [1.82, 2.24) is 0 Å². The molecule has 0 amide bonds. The van der Waals surface area contributed by atoms with Gasteiger partial charge in [-0.2, -0.15) is 13.2 Å². The molecule has 26 heavy (non-hydrogen) atoms. The Kier molecular flexibility index (Phi) is 4.50. The molecule has 0 spiro atoms. The molecule has 0 aliphatic rings. The van der Waals surface area contributed by atoms with E-state index in [1.165, 1.54) is 42.5 Å². The number of hydrogen-bond acceptors (Lipinski definition) is 1. The number of hydrogen-bond donors (Lipinski definition) is 1.